The number of pyridine rings is 1. The van der Waals surface area contributed by atoms with E-state index in [0.717, 1.165) is 42.6 Å². The molecule has 4 aliphatic carbocycles. The summed E-state index contributed by atoms with van der Waals surface area (Å²) in [6, 6.07) is 3.76. The van der Waals surface area contributed by atoms with E-state index in [1.807, 2.05) is 12.1 Å². The van der Waals surface area contributed by atoms with E-state index in [-0.39, 0.29) is 11.2 Å². The van der Waals surface area contributed by atoms with E-state index in [2.05, 4.69) is 4.98 Å². The molecule has 0 spiro atoms. The number of carbonyl (C=O) groups is 1. The fraction of sp³-hybridized carbons (Fsp3) is 0.667. The van der Waals surface area contributed by atoms with E-state index in [0.29, 0.717) is 11.5 Å². The molecule has 3 nitrogen and oxygen atoms in total. The van der Waals surface area contributed by atoms with Crippen molar-refractivity contribution < 1.29 is 9.00 Å². The van der Waals surface area contributed by atoms with Gasteiger partial charge in [0.2, 0.25) is 0 Å². The fourth-order valence-electron chi connectivity index (χ4n) is 5.47. The topological polar surface area (TPSA) is 47.0 Å². The van der Waals surface area contributed by atoms with Crippen molar-refractivity contribution in [2.45, 2.75) is 44.3 Å². The van der Waals surface area contributed by atoms with E-state index in [1.165, 1.54) is 19.3 Å². The summed E-state index contributed by atoms with van der Waals surface area (Å²) >= 11 is 0. The Labute approximate surface area is 134 Å². The Morgan fingerprint density at radius 1 is 1.09 bits per heavy atom. The Hall–Kier alpha value is -1.03. The lowest BCUT2D eigenvalue weighted by Crippen LogP contribution is -2.51. The molecule has 5 rings (SSSR count). The molecule has 4 fully saturated rings. The predicted molar refractivity (Wildman–Crippen MR) is 86.6 cm³/mol. The number of hydrogen-bond donors (Lipinski definition) is 0. The smallest absolute Gasteiger partial charge is 0.151 e. The van der Waals surface area contributed by atoms with Gasteiger partial charge >= 0.3 is 0 Å². The van der Waals surface area contributed by atoms with Crippen LogP contribution in [0.4, 0.5) is 0 Å². The highest BCUT2D eigenvalue weighted by Crippen LogP contribution is 2.60. The molecule has 0 aromatic carbocycles. The third kappa shape index (κ3) is 2.66. The van der Waals surface area contributed by atoms with E-state index in [4.69, 9.17) is 0 Å². The number of Topliss-reactive ketones (excluding diaryl/α,β-unsaturated/α-hetero) is 1. The molecule has 0 radical (unpaired) electrons. The van der Waals surface area contributed by atoms with Crippen molar-refractivity contribution in [2.75, 3.05) is 5.75 Å². The van der Waals surface area contributed by atoms with Crippen molar-refractivity contribution in [3.05, 3.63) is 30.1 Å². The minimum absolute atomic E-state index is 0.108. The summed E-state index contributed by atoms with van der Waals surface area (Å²) in [5.41, 5.74) is 0.898. The summed E-state index contributed by atoms with van der Waals surface area (Å²) in [5.74, 6) is 3.31. The first-order valence-electron chi connectivity index (χ1n) is 8.40. The number of nitrogens with zero attached hydrogens (tertiary/aromatic N) is 1. The van der Waals surface area contributed by atoms with Crippen molar-refractivity contribution in [1.82, 2.24) is 4.98 Å². The Morgan fingerprint density at radius 2 is 1.64 bits per heavy atom. The third-order valence-electron chi connectivity index (χ3n) is 6.00. The Bertz CT molecular complexity index is 563. The molecule has 4 aliphatic rings. The van der Waals surface area contributed by atoms with E-state index in [1.54, 1.807) is 12.4 Å². The molecule has 4 heteroatoms. The van der Waals surface area contributed by atoms with Crippen LogP contribution in [0, 0.1) is 23.2 Å². The molecule has 0 amide bonds. The number of aromatic nitrogens is 1. The second kappa shape index (κ2) is 5.55. The third-order valence-corrected chi connectivity index (χ3v) is 7.24. The summed E-state index contributed by atoms with van der Waals surface area (Å²) < 4.78 is 12.4. The van der Waals surface area contributed by atoms with Gasteiger partial charge in [0.05, 0.1) is 5.75 Å². The van der Waals surface area contributed by atoms with Gasteiger partial charge in [0.15, 0.2) is 5.78 Å². The van der Waals surface area contributed by atoms with Crippen LogP contribution in [0.2, 0.25) is 0 Å². The van der Waals surface area contributed by atoms with Gasteiger partial charge in [-0.05, 0) is 74.0 Å². The Kier molecular flexibility index (Phi) is 3.67. The zero-order valence-corrected chi connectivity index (χ0v) is 13.7. The molecule has 0 saturated heterocycles. The maximum atomic E-state index is 12.9. The van der Waals surface area contributed by atoms with Crippen molar-refractivity contribution in [3.8, 4) is 0 Å². The normalized spacial score (nSPS) is 37.2. The Balaban J connectivity index is 1.43. The maximum absolute atomic E-state index is 12.9. The van der Waals surface area contributed by atoms with Crippen LogP contribution in [0.3, 0.4) is 0 Å². The van der Waals surface area contributed by atoms with Crippen LogP contribution in [0.5, 0.6) is 0 Å². The lowest BCUT2D eigenvalue weighted by molar-refractivity contribution is -0.141. The maximum Gasteiger partial charge on any atom is 0.151 e. The van der Waals surface area contributed by atoms with Crippen LogP contribution < -0.4 is 0 Å². The lowest BCUT2D eigenvalue weighted by atomic mass is 9.48. The number of rotatable bonds is 5. The highest BCUT2D eigenvalue weighted by molar-refractivity contribution is 7.84. The van der Waals surface area contributed by atoms with Gasteiger partial charge in [-0.3, -0.25) is 14.0 Å². The molecule has 1 atom stereocenters. The van der Waals surface area contributed by atoms with Gasteiger partial charge in [0.25, 0.3) is 0 Å². The van der Waals surface area contributed by atoms with Crippen LogP contribution >= 0.6 is 0 Å². The van der Waals surface area contributed by atoms with Gasteiger partial charge < -0.3 is 0 Å². The first-order chi connectivity index (χ1) is 10.6. The first kappa shape index (κ1) is 14.6. The standard InChI is InChI=1S/C18H23NO2S/c20-17(12-22(21)11-13-1-3-19-4-2-13)18-8-14-5-15(9-18)7-16(6-14)10-18/h1-4,14-16H,5-12H2. The summed E-state index contributed by atoms with van der Waals surface area (Å²) in [6.45, 7) is 0. The zero-order valence-electron chi connectivity index (χ0n) is 12.9. The number of ketones is 1. The van der Waals surface area contributed by atoms with Crippen LogP contribution in [-0.2, 0) is 21.3 Å². The van der Waals surface area contributed by atoms with E-state index in [9.17, 15) is 9.00 Å². The Morgan fingerprint density at radius 3 is 2.18 bits per heavy atom. The van der Waals surface area contributed by atoms with Crippen molar-refractivity contribution in [2.24, 2.45) is 23.2 Å². The minimum Gasteiger partial charge on any atom is -0.298 e. The molecule has 4 bridgehead atoms. The van der Waals surface area contributed by atoms with E-state index < -0.39 is 10.8 Å². The molecule has 0 N–H and O–H groups in total. The summed E-state index contributed by atoms with van der Waals surface area (Å²) in [6.07, 6.45) is 10.7. The summed E-state index contributed by atoms with van der Waals surface area (Å²) in [4.78, 5) is 16.9. The molecule has 22 heavy (non-hydrogen) atoms. The van der Waals surface area contributed by atoms with Crippen LogP contribution in [0.15, 0.2) is 24.5 Å². The molecular weight excluding hydrogens is 294 g/mol. The summed E-state index contributed by atoms with van der Waals surface area (Å²) in [7, 11) is -1.09. The molecule has 1 heterocycles. The highest BCUT2D eigenvalue weighted by Gasteiger charge is 2.54. The molecule has 0 aliphatic heterocycles. The molecule has 1 unspecified atom stereocenters. The second-order valence-corrected chi connectivity index (χ2v) is 9.16. The minimum atomic E-state index is -1.09. The van der Waals surface area contributed by atoms with E-state index >= 15 is 0 Å². The largest absolute Gasteiger partial charge is 0.298 e. The van der Waals surface area contributed by atoms with Gasteiger partial charge in [-0.1, -0.05) is 0 Å². The van der Waals surface area contributed by atoms with Gasteiger partial charge in [-0.2, -0.15) is 0 Å². The molecular formula is C18H23NO2S. The van der Waals surface area contributed by atoms with Gasteiger partial charge in [0, 0.05) is 34.4 Å². The molecule has 4 saturated carbocycles. The van der Waals surface area contributed by atoms with Gasteiger partial charge in [0.1, 0.15) is 0 Å². The van der Waals surface area contributed by atoms with Crippen LogP contribution in [-0.4, -0.2) is 20.7 Å². The highest BCUT2D eigenvalue weighted by atomic mass is 32.2. The molecule has 1 aromatic heterocycles. The fourth-order valence-corrected chi connectivity index (χ4v) is 6.73. The molecule has 118 valence electrons. The quantitative estimate of drug-likeness (QED) is 0.838. The molecule has 1 aromatic rings. The summed E-state index contributed by atoms with van der Waals surface area (Å²) in [5, 5.41) is 0. The van der Waals surface area contributed by atoms with Gasteiger partial charge in [-0.15, -0.1) is 0 Å². The van der Waals surface area contributed by atoms with Crippen molar-refractivity contribution >= 4 is 16.6 Å². The van der Waals surface area contributed by atoms with Crippen molar-refractivity contribution in [3.63, 3.8) is 0 Å². The van der Waals surface area contributed by atoms with Gasteiger partial charge in [-0.25, -0.2) is 0 Å². The SMILES string of the molecule is O=C(CS(=O)Cc1ccncc1)C12CC3CC(CC(C3)C1)C2. The second-order valence-electron chi connectivity index (χ2n) is 7.71. The zero-order chi connectivity index (χ0) is 15.2. The average molecular weight is 317 g/mol. The first-order valence-corrected chi connectivity index (χ1v) is 9.89. The van der Waals surface area contributed by atoms with Crippen molar-refractivity contribution in [1.29, 1.82) is 0 Å². The predicted octanol–water partition coefficient (Wildman–Crippen LogP) is 3.12. The number of carbonyl (C=O) groups excluding carboxylic acids is 1. The van der Waals surface area contributed by atoms with Crippen LogP contribution in [0.1, 0.15) is 44.1 Å². The monoisotopic (exact) mass is 317 g/mol. The average Bonchev–Trinajstić information content (AvgIpc) is 2.46. The van der Waals surface area contributed by atoms with Crippen LogP contribution in [0.25, 0.3) is 0 Å². The lowest BCUT2D eigenvalue weighted by Gasteiger charge is -2.56. The number of hydrogen-bond acceptors (Lipinski definition) is 3.